The number of amides is 2. The molecule has 1 aromatic heterocycles. The van der Waals surface area contributed by atoms with Crippen LogP contribution in [0, 0.1) is 0 Å². The van der Waals surface area contributed by atoms with E-state index in [1.807, 2.05) is 24.3 Å². The van der Waals surface area contributed by atoms with Crippen LogP contribution in [0.2, 0.25) is 0 Å². The zero-order chi connectivity index (χ0) is 19.1. The average Bonchev–Trinajstić information content (AvgIpc) is 2.67. The molecule has 1 aliphatic heterocycles. The molecule has 0 bridgehead atoms. The highest BCUT2D eigenvalue weighted by Crippen LogP contribution is 2.21. The van der Waals surface area contributed by atoms with E-state index in [4.69, 9.17) is 10.5 Å². The quantitative estimate of drug-likeness (QED) is 0.743. The molecule has 0 spiro atoms. The molecular formula is C20H26N4O3. The Morgan fingerprint density at radius 2 is 1.93 bits per heavy atom. The Bertz CT molecular complexity index is 803. The number of nitrogens with two attached hydrogens (primary N) is 1. The monoisotopic (exact) mass is 370 g/mol. The molecule has 3 rings (SSSR count). The van der Waals surface area contributed by atoms with Crippen LogP contribution in [0.15, 0.2) is 30.3 Å². The van der Waals surface area contributed by atoms with Crippen molar-refractivity contribution in [2.75, 3.05) is 31.6 Å². The molecule has 0 radical (unpaired) electrons. The van der Waals surface area contributed by atoms with Crippen molar-refractivity contribution in [2.24, 2.45) is 5.73 Å². The van der Waals surface area contributed by atoms with Crippen molar-refractivity contribution in [1.29, 1.82) is 0 Å². The van der Waals surface area contributed by atoms with Crippen LogP contribution < -0.4 is 15.8 Å². The van der Waals surface area contributed by atoms with E-state index in [0.717, 1.165) is 30.5 Å². The van der Waals surface area contributed by atoms with Crippen LogP contribution in [0.4, 0.5) is 5.69 Å². The molecule has 2 heterocycles. The number of aromatic nitrogens is 1. The van der Waals surface area contributed by atoms with Crippen molar-refractivity contribution >= 4 is 28.4 Å². The van der Waals surface area contributed by atoms with E-state index in [1.54, 1.807) is 6.07 Å². The van der Waals surface area contributed by atoms with Crippen LogP contribution in [0.1, 0.15) is 32.1 Å². The van der Waals surface area contributed by atoms with E-state index in [0.29, 0.717) is 18.2 Å². The lowest BCUT2D eigenvalue weighted by Crippen LogP contribution is -2.33. The first kappa shape index (κ1) is 19.1. The van der Waals surface area contributed by atoms with Gasteiger partial charge in [-0.05, 0) is 50.2 Å². The average molecular weight is 370 g/mol. The van der Waals surface area contributed by atoms with E-state index in [9.17, 15) is 9.59 Å². The smallest absolute Gasteiger partial charge is 0.224 e. The summed E-state index contributed by atoms with van der Waals surface area (Å²) in [6.45, 7) is 3.87. The van der Waals surface area contributed by atoms with E-state index in [1.165, 1.54) is 19.3 Å². The summed E-state index contributed by atoms with van der Waals surface area (Å²) < 4.78 is 5.80. The molecule has 7 nitrogen and oxygen atoms in total. The summed E-state index contributed by atoms with van der Waals surface area (Å²) in [4.78, 5) is 29.5. The third kappa shape index (κ3) is 5.92. The number of nitrogens with zero attached hydrogens (tertiary/aromatic N) is 2. The first-order valence-corrected chi connectivity index (χ1v) is 9.44. The maximum absolute atomic E-state index is 11.8. The number of nitrogens with one attached hydrogen (secondary N) is 1. The zero-order valence-corrected chi connectivity index (χ0v) is 15.4. The first-order chi connectivity index (χ1) is 13.1. The summed E-state index contributed by atoms with van der Waals surface area (Å²) in [6.07, 6.45) is 4.00. The van der Waals surface area contributed by atoms with Gasteiger partial charge in [-0.25, -0.2) is 4.98 Å². The van der Waals surface area contributed by atoms with Gasteiger partial charge >= 0.3 is 0 Å². The molecule has 1 aromatic carbocycles. The maximum atomic E-state index is 11.8. The molecule has 0 unspecified atom stereocenters. The molecule has 0 aliphatic carbocycles. The van der Waals surface area contributed by atoms with Crippen LogP contribution in [-0.4, -0.2) is 47.9 Å². The standard InChI is InChI=1S/C20H26N4O3/c21-18(25)7-8-19(26)22-16-5-6-17-15(14-16)4-9-20(23-17)27-13-12-24-10-2-1-3-11-24/h4-6,9,14H,1-3,7-8,10-13H2,(H2,21,25)(H,22,26). The second-order valence-electron chi connectivity index (χ2n) is 6.82. The number of benzene rings is 1. The largest absolute Gasteiger partial charge is 0.476 e. The SMILES string of the molecule is NC(=O)CCC(=O)Nc1ccc2nc(OCCN3CCCCC3)ccc2c1. The molecule has 1 aliphatic rings. The number of carbonyl (C=O) groups is 2. The molecule has 2 amide bonds. The van der Waals surface area contributed by atoms with Gasteiger partial charge in [0.2, 0.25) is 17.7 Å². The highest BCUT2D eigenvalue weighted by molar-refractivity contribution is 5.95. The van der Waals surface area contributed by atoms with Crippen molar-refractivity contribution in [3.05, 3.63) is 30.3 Å². The number of hydrogen-bond acceptors (Lipinski definition) is 5. The number of carbonyl (C=O) groups excluding carboxylic acids is 2. The van der Waals surface area contributed by atoms with Crippen molar-refractivity contribution in [3.63, 3.8) is 0 Å². The Balaban J connectivity index is 1.54. The molecule has 1 fully saturated rings. The zero-order valence-electron chi connectivity index (χ0n) is 15.4. The summed E-state index contributed by atoms with van der Waals surface area (Å²) in [5.41, 5.74) is 6.53. The van der Waals surface area contributed by atoms with Gasteiger partial charge in [0.15, 0.2) is 0 Å². The fourth-order valence-corrected chi connectivity index (χ4v) is 3.19. The maximum Gasteiger partial charge on any atom is 0.224 e. The van der Waals surface area contributed by atoms with Crippen molar-refractivity contribution in [3.8, 4) is 5.88 Å². The minimum absolute atomic E-state index is 0.0408. The molecule has 0 atom stereocenters. The van der Waals surface area contributed by atoms with Crippen LogP contribution in [-0.2, 0) is 9.59 Å². The third-order valence-corrected chi connectivity index (χ3v) is 4.65. The Morgan fingerprint density at radius 3 is 2.70 bits per heavy atom. The topological polar surface area (TPSA) is 97.5 Å². The lowest BCUT2D eigenvalue weighted by Gasteiger charge is -2.26. The Kier molecular flexibility index (Phi) is 6.59. The van der Waals surface area contributed by atoms with Crippen LogP contribution in [0.25, 0.3) is 10.9 Å². The number of likely N-dealkylation sites (tertiary alicyclic amines) is 1. The van der Waals surface area contributed by atoms with Crippen LogP contribution >= 0.6 is 0 Å². The first-order valence-electron chi connectivity index (χ1n) is 9.44. The summed E-state index contributed by atoms with van der Waals surface area (Å²) >= 11 is 0. The lowest BCUT2D eigenvalue weighted by atomic mass is 10.1. The minimum Gasteiger partial charge on any atom is -0.476 e. The van der Waals surface area contributed by atoms with Gasteiger partial charge in [0.05, 0.1) is 5.52 Å². The molecule has 1 saturated heterocycles. The minimum atomic E-state index is -0.485. The van der Waals surface area contributed by atoms with E-state index in [2.05, 4.69) is 15.2 Å². The molecule has 2 aromatic rings. The fraction of sp³-hybridized carbons (Fsp3) is 0.450. The molecule has 27 heavy (non-hydrogen) atoms. The number of pyridine rings is 1. The second-order valence-corrected chi connectivity index (χ2v) is 6.82. The van der Waals surface area contributed by atoms with Crippen molar-refractivity contribution in [1.82, 2.24) is 9.88 Å². The number of anilines is 1. The van der Waals surface area contributed by atoms with Gasteiger partial charge in [-0.3, -0.25) is 14.5 Å². The van der Waals surface area contributed by atoms with Gasteiger partial charge in [0.25, 0.3) is 0 Å². The third-order valence-electron chi connectivity index (χ3n) is 4.65. The summed E-state index contributed by atoms with van der Waals surface area (Å²) in [7, 11) is 0. The van der Waals surface area contributed by atoms with E-state index < -0.39 is 5.91 Å². The molecule has 0 saturated carbocycles. The van der Waals surface area contributed by atoms with Crippen LogP contribution in [0.5, 0.6) is 5.88 Å². The Labute approximate surface area is 158 Å². The number of rotatable bonds is 8. The van der Waals surface area contributed by atoms with Crippen LogP contribution in [0.3, 0.4) is 0 Å². The Morgan fingerprint density at radius 1 is 1.11 bits per heavy atom. The van der Waals surface area contributed by atoms with Gasteiger partial charge in [-0.2, -0.15) is 0 Å². The van der Waals surface area contributed by atoms with Gasteiger partial charge in [0, 0.05) is 36.5 Å². The number of fused-ring (bicyclic) bond motifs is 1. The van der Waals surface area contributed by atoms with Gasteiger partial charge < -0.3 is 15.8 Å². The van der Waals surface area contributed by atoms with E-state index >= 15 is 0 Å². The molecular weight excluding hydrogens is 344 g/mol. The van der Waals surface area contributed by atoms with Crippen molar-refractivity contribution < 1.29 is 14.3 Å². The van der Waals surface area contributed by atoms with Gasteiger partial charge in [0.1, 0.15) is 6.61 Å². The number of primary amides is 1. The Hall–Kier alpha value is -2.67. The van der Waals surface area contributed by atoms with Gasteiger partial charge in [-0.1, -0.05) is 6.42 Å². The number of ether oxygens (including phenoxy) is 1. The van der Waals surface area contributed by atoms with Crippen molar-refractivity contribution in [2.45, 2.75) is 32.1 Å². The van der Waals surface area contributed by atoms with Gasteiger partial charge in [-0.15, -0.1) is 0 Å². The summed E-state index contributed by atoms with van der Waals surface area (Å²) in [5, 5.41) is 3.67. The highest BCUT2D eigenvalue weighted by atomic mass is 16.5. The highest BCUT2D eigenvalue weighted by Gasteiger charge is 2.10. The summed E-state index contributed by atoms with van der Waals surface area (Å²) in [5.74, 6) is -0.114. The lowest BCUT2D eigenvalue weighted by molar-refractivity contribution is -0.122. The fourth-order valence-electron chi connectivity index (χ4n) is 3.19. The number of hydrogen-bond donors (Lipinski definition) is 2. The number of piperidine rings is 1. The summed E-state index contributed by atoms with van der Waals surface area (Å²) in [6, 6.07) is 9.25. The normalized spacial score (nSPS) is 14.8. The second kappa shape index (κ2) is 9.32. The van der Waals surface area contributed by atoms with E-state index in [-0.39, 0.29) is 18.7 Å². The molecule has 144 valence electrons. The predicted molar refractivity (Wildman–Crippen MR) is 105 cm³/mol. The predicted octanol–water partition coefficient (Wildman–Crippen LogP) is 2.30. The molecule has 7 heteroatoms. The molecule has 3 N–H and O–H groups in total.